The highest BCUT2D eigenvalue weighted by Gasteiger charge is 2.09. The molecule has 0 aliphatic rings. The fourth-order valence-corrected chi connectivity index (χ4v) is 2.65. The lowest BCUT2D eigenvalue weighted by Crippen LogP contribution is -2.25. The lowest BCUT2D eigenvalue weighted by atomic mass is 10.1. The molecule has 0 aromatic carbocycles. The zero-order chi connectivity index (χ0) is 12.3. The summed E-state index contributed by atoms with van der Waals surface area (Å²) in [5.74, 6) is 0. The van der Waals surface area contributed by atoms with Crippen LogP contribution >= 0.6 is 11.3 Å². The molecule has 0 fully saturated rings. The van der Waals surface area contributed by atoms with Crippen LogP contribution in [0.5, 0.6) is 0 Å². The molecule has 1 atom stereocenters. The van der Waals surface area contributed by atoms with Gasteiger partial charge < -0.3 is 5.73 Å². The monoisotopic (exact) mass is 250 g/mol. The minimum atomic E-state index is 0.120. The lowest BCUT2D eigenvalue weighted by Gasteiger charge is -2.07. The quantitative estimate of drug-likeness (QED) is 0.880. The van der Waals surface area contributed by atoms with E-state index in [9.17, 15) is 0 Å². The topological polar surface area (TPSA) is 56.7 Å². The van der Waals surface area contributed by atoms with Crippen molar-refractivity contribution < 1.29 is 0 Å². The van der Waals surface area contributed by atoms with Gasteiger partial charge in [0.15, 0.2) is 0 Å². The number of rotatable bonds is 5. The van der Waals surface area contributed by atoms with Crippen molar-refractivity contribution >= 4 is 11.3 Å². The Morgan fingerprint density at radius 3 is 2.88 bits per heavy atom. The fraction of sp³-hybridized carbons (Fsp3) is 0.500. The predicted octanol–water partition coefficient (Wildman–Crippen LogP) is 1.78. The molecule has 0 saturated carbocycles. The van der Waals surface area contributed by atoms with E-state index in [2.05, 4.69) is 28.6 Å². The maximum atomic E-state index is 6.13. The molecule has 0 spiro atoms. The molecule has 0 bridgehead atoms. The molecule has 2 aromatic rings. The molecule has 2 aromatic heterocycles. The van der Waals surface area contributed by atoms with Crippen molar-refractivity contribution in [1.29, 1.82) is 0 Å². The second kappa shape index (κ2) is 5.42. The maximum absolute atomic E-state index is 6.13. The number of hydrogen-bond acceptors (Lipinski definition) is 4. The second-order valence-electron chi connectivity index (χ2n) is 4.26. The Morgan fingerprint density at radius 1 is 1.47 bits per heavy atom. The number of nitrogens with two attached hydrogens (primary N) is 1. The molecule has 0 radical (unpaired) electrons. The Hall–Kier alpha value is -1.20. The molecule has 0 aliphatic heterocycles. The third-order valence-electron chi connectivity index (χ3n) is 2.61. The second-order valence-corrected chi connectivity index (χ2v) is 5.20. The SMILES string of the molecule is CCn1cc(CC(N)Cc2nc(C)cs2)cn1. The molecule has 17 heavy (non-hydrogen) atoms. The summed E-state index contributed by atoms with van der Waals surface area (Å²) >= 11 is 1.69. The predicted molar refractivity (Wildman–Crippen MR) is 70.1 cm³/mol. The molecular weight excluding hydrogens is 232 g/mol. The molecule has 1 unspecified atom stereocenters. The van der Waals surface area contributed by atoms with Gasteiger partial charge in [-0.25, -0.2) is 4.98 Å². The van der Waals surface area contributed by atoms with Crippen molar-refractivity contribution in [1.82, 2.24) is 14.8 Å². The van der Waals surface area contributed by atoms with Crippen molar-refractivity contribution in [3.05, 3.63) is 34.0 Å². The molecule has 0 saturated heterocycles. The van der Waals surface area contributed by atoms with E-state index in [1.165, 1.54) is 5.56 Å². The highest BCUT2D eigenvalue weighted by atomic mass is 32.1. The standard InChI is InChI=1S/C12H18N4S/c1-3-16-7-10(6-14-16)4-11(13)5-12-15-9(2)8-17-12/h6-8,11H,3-5,13H2,1-2H3. The molecule has 0 aliphatic carbocycles. The zero-order valence-electron chi connectivity index (χ0n) is 10.3. The van der Waals surface area contributed by atoms with Crippen molar-refractivity contribution in [3.63, 3.8) is 0 Å². The van der Waals surface area contributed by atoms with Crippen molar-refractivity contribution in [2.75, 3.05) is 0 Å². The molecular formula is C12H18N4S. The molecule has 5 heteroatoms. The Labute approximate surface area is 105 Å². The first kappa shape index (κ1) is 12.3. The maximum Gasteiger partial charge on any atom is 0.0943 e. The summed E-state index contributed by atoms with van der Waals surface area (Å²) in [7, 11) is 0. The van der Waals surface area contributed by atoms with Crippen LogP contribution in [0.3, 0.4) is 0 Å². The van der Waals surface area contributed by atoms with Crippen LogP contribution in [0.2, 0.25) is 0 Å². The first-order chi connectivity index (χ1) is 8.17. The van der Waals surface area contributed by atoms with Crippen LogP contribution in [-0.4, -0.2) is 20.8 Å². The molecule has 0 amide bonds. The number of aryl methyl sites for hydroxylation is 2. The van der Waals surface area contributed by atoms with Gasteiger partial charge in [0, 0.05) is 36.3 Å². The summed E-state index contributed by atoms with van der Waals surface area (Å²) in [6.45, 7) is 4.99. The van der Waals surface area contributed by atoms with Crippen LogP contribution in [0.25, 0.3) is 0 Å². The van der Waals surface area contributed by atoms with Crippen molar-refractivity contribution in [2.24, 2.45) is 5.73 Å². The Balaban J connectivity index is 1.90. The third kappa shape index (κ3) is 3.38. The number of nitrogens with zero attached hydrogens (tertiary/aromatic N) is 3. The fourth-order valence-electron chi connectivity index (χ4n) is 1.78. The molecule has 2 rings (SSSR count). The van der Waals surface area contributed by atoms with Crippen LogP contribution < -0.4 is 5.73 Å². The van der Waals surface area contributed by atoms with Crippen LogP contribution in [-0.2, 0) is 19.4 Å². The van der Waals surface area contributed by atoms with Crippen molar-refractivity contribution in [3.8, 4) is 0 Å². The highest BCUT2D eigenvalue weighted by Crippen LogP contribution is 2.12. The molecule has 4 nitrogen and oxygen atoms in total. The summed E-state index contributed by atoms with van der Waals surface area (Å²) in [5, 5.41) is 7.44. The average molecular weight is 250 g/mol. The van der Waals surface area contributed by atoms with Gasteiger partial charge in [0.05, 0.1) is 11.2 Å². The summed E-state index contributed by atoms with van der Waals surface area (Å²) in [5.41, 5.74) is 8.41. The van der Waals surface area contributed by atoms with Gasteiger partial charge in [-0.1, -0.05) is 0 Å². The normalized spacial score (nSPS) is 12.9. The Kier molecular flexibility index (Phi) is 3.91. The third-order valence-corrected chi connectivity index (χ3v) is 3.60. The average Bonchev–Trinajstić information content (AvgIpc) is 2.88. The van der Waals surface area contributed by atoms with E-state index in [4.69, 9.17) is 5.73 Å². The summed E-state index contributed by atoms with van der Waals surface area (Å²) < 4.78 is 1.93. The van der Waals surface area contributed by atoms with E-state index < -0.39 is 0 Å². The smallest absolute Gasteiger partial charge is 0.0943 e. The summed E-state index contributed by atoms with van der Waals surface area (Å²) in [6, 6.07) is 0.120. The van der Waals surface area contributed by atoms with Crippen LogP contribution in [0.1, 0.15) is 23.2 Å². The molecule has 2 heterocycles. The van der Waals surface area contributed by atoms with Gasteiger partial charge in [-0.3, -0.25) is 4.68 Å². The first-order valence-electron chi connectivity index (χ1n) is 5.85. The van der Waals surface area contributed by atoms with E-state index >= 15 is 0 Å². The number of hydrogen-bond donors (Lipinski definition) is 1. The van der Waals surface area contributed by atoms with Gasteiger partial charge in [-0.2, -0.15) is 5.10 Å². The van der Waals surface area contributed by atoms with E-state index in [-0.39, 0.29) is 6.04 Å². The van der Waals surface area contributed by atoms with Gasteiger partial charge in [-0.15, -0.1) is 11.3 Å². The van der Waals surface area contributed by atoms with Gasteiger partial charge in [0.25, 0.3) is 0 Å². The van der Waals surface area contributed by atoms with Gasteiger partial charge in [0.2, 0.25) is 0 Å². The Morgan fingerprint density at radius 2 is 2.29 bits per heavy atom. The van der Waals surface area contributed by atoms with Crippen LogP contribution in [0.4, 0.5) is 0 Å². The van der Waals surface area contributed by atoms with E-state index in [1.54, 1.807) is 11.3 Å². The van der Waals surface area contributed by atoms with Gasteiger partial charge >= 0.3 is 0 Å². The first-order valence-corrected chi connectivity index (χ1v) is 6.73. The summed E-state index contributed by atoms with van der Waals surface area (Å²) in [4.78, 5) is 4.43. The molecule has 92 valence electrons. The number of aromatic nitrogens is 3. The number of thiazole rings is 1. The van der Waals surface area contributed by atoms with Crippen LogP contribution in [0, 0.1) is 6.92 Å². The van der Waals surface area contributed by atoms with E-state index in [0.717, 1.165) is 30.1 Å². The minimum Gasteiger partial charge on any atom is -0.327 e. The summed E-state index contributed by atoms with van der Waals surface area (Å²) in [6.07, 6.45) is 5.66. The van der Waals surface area contributed by atoms with Crippen LogP contribution in [0.15, 0.2) is 17.8 Å². The zero-order valence-corrected chi connectivity index (χ0v) is 11.1. The molecule has 2 N–H and O–H groups in total. The van der Waals surface area contributed by atoms with E-state index in [0.29, 0.717) is 0 Å². The largest absolute Gasteiger partial charge is 0.327 e. The Bertz CT molecular complexity index is 474. The van der Waals surface area contributed by atoms with Crippen molar-refractivity contribution in [2.45, 2.75) is 39.3 Å². The lowest BCUT2D eigenvalue weighted by molar-refractivity contribution is 0.649. The van der Waals surface area contributed by atoms with Gasteiger partial charge in [0.1, 0.15) is 0 Å². The minimum absolute atomic E-state index is 0.120. The van der Waals surface area contributed by atoms with Gasteiger partial charge in [-0.05, 0) is 25.8 Å². The van der Waals surface area contributed by atoms with E-state index in [1.807, 2.05) is 17.8 Å². The highest BCUT2D eigenvalue weighted by molar-refractivity contribution is 7.09.